The third-order valence-electron chi connectivity index (χ3n) is 4.05. The Labute approximate surface area is 186 Å². The summed E-state index contributed by atoms with van der Waals surface area (Å²) in [5.41, 5.74) is 1.84. The summed E-state index contributed by atoms with van der Waals surface area (Å²) in [7, 11) is 1.43. The van der Waals surface area contributed by atoms with Gasteiger partial charge in [-0.3, -0.25) is 0 Å². The van der Waals surface area contributed by atoms with Crippen molar-refractivity contribution in [3.05, 3.63) is 72.9 Å². The molecule has 0 N–H and O–H groups in total. The van der Waals surface area contributed by atoms with Crippen LogP contribution in [0, 0.1) is 0 Å². The van der Waals surface area contributed by atoms with Gasteiger partial charge in [0.05, 0.1) is 7.11 Å². The van der Waals surface area contributed by atoms with Crippen LogP contribution >= 0.6 is 0 Å². The quantitative estimate of drug-likeness (QED) is 0.333. The van der Waals surface area contributed by atoms with Crippen LogP contribution in [0.3, 0.4) is 0 Å². The Morgan fingerprint density at radius 3 is 1.53 bits per heavy atom. The maximum Gasteiger partial charge on any atom is 0.338 e. The van der Waals surface area contributed by atoms with Crippen molar-refractivity contribution in [3.8, 4) is 34.1 Å². The van der Waals surface area contributed by atoms with Crippen molar-refractivity contribution < 1.29 is 33.3 Å². The molecular weight excluding hydrogens is 412 g/mol. The second-order valence-corrected chi connectivity index (χ2v) is 7.07. The molecule has 0 saturated heterocycles. The first-order chi connectivity index (χ1) is 15.0. The Kier molecular flexibility index (Phi) is 7.74. The maximum absolute atomic E-state index is 12.0. The molecule has 0 unspecified atom stereocenters. The molecule has 166 valence electrons. The average molecular weight is 436 g/mol. The Morgan fingerprint density at radius 2 is 1.09 bits per heavy atom. The molecule has 2 rings (SSSR count). The third kappa shape index (κ3) is 6.18. The van der Waals surface area contributed by atoms with Crippen LogP contribution in [0.25, 0.3) is 11.1 Å². The van der Waals surface area contributed by atoms with Crippen LogP contribution in [-0.2, 0) is 14.4 Å². The van der Waals surface area contributed by atoms with E-state index in [1.54, 1.807) is 30.3 Å². The zero-order valence-corrected chi connectivity index (χ0v) is 18.4. The maximum atomic E-state index is 12.0. The molecule has 0 atom stereocenters. The van der Waals surface area contributed by atoms with Crippen molar-refractivity contribution in [3.63, 3.8) is 0 Å². The van der Waals surface area contributed by atoms with Gasteiger partial charge in [0.1, 0.15) is 11.5 Å². The molecule has 0 amide bonds. The van der Waals surface area contributed by atoms with Gasteiger partial charge >= 0.3 is 17.9 Å². The minimum Gasteiger partial charge on any atom is -0.493 e. The number of carbonyl (C=O) groups excluding carboxylic acids is 3. The predicted octanol–water partition coefficient (Wildman–Crippen LogP) is 4.81. The summed E-state index contributed by atoms with van der Waals surface area (Å²) in [6, 6.07) is 9.45. The van der Waals surface area contributed by atoms with E-state index < -0.39 is 17.9 Å². The number of rotatable bonds is 8. The first-order valence-corrected chi connectivity index (χ1v) is 9.48. The Hall–Kier alpha value is -4.13. The van der Waals surface area contributed by atoms with E-state index in [1.807, 2.05) is 0 Å². The van der Waals surface area contributed by atoms with E-state index in [0.29, 0.717) is 16.9 Å². The zero-order chi connectivity index (χ0) is 24.0. The minimum atomic E-state index is -0.626. The Balaban J connectivity index is 2.51. The molecule has 0 saturated carbocycles. The molecule has 2 aromatic carbocycles. The van der Waals surface area contributed by atoms with Gasteiger partial charge in [-0.15, -0.1) is 0 Å². The number of ether oxygens (including phenoxy) is 4. The van der Waals surface area contributed by atoms with Crippen LogP contribution in [0.15, 0.2) is 72.9 Å². The van der Waals surface area contributed by atoms with E-state index in [0.717, 1.165) is 0 Å². The molecule has 0 aromatic heterocycles. The van der Waals surface area contributed by atoms with Gasteiger partial charge in [-0.25, -0.2) is 14.4 Å². The number of methoxy groups -OCH3 is 1. The standard InChI is InChI=1S/C25H24O7/c1-14(2)23(26)30-19-10-18(11-20(13-19)31-24(27)15(3)4)17-8-9-21(22(12-17)29-7)32-25(28)16(5)6/h8-13H,1,3,5H2,2,4,6-7H3. The summed E-state index contributed by atoms with van der Waals surface area (Å²) in [4.78, 5) is 35.8. The van der Waals surface area contributed by atoms with Gasteiger partial charge in [0.15, 0.2) is 11.5 Å². The second kappa shape index (κ2) is 10.3. The first-order valence-electron chi connectivity index (χ1n) is 9.48. The number of hydrogen-bond acceptors (Lipinski definition) is 7. The van der Waals surface area contributed by atoms with Crippen molar-refractivity contribution in [2.24, 2.45) is 0 Å². The predicted molar refractivity (Wildman–Crippen MR) is 120 cm³/mol. The van der Waals surface area contributed by atoms with Crippen LogP contribution in [0.5, 0.6) is 23.0 Å². The minimum absolute atomic E-state index is 0.150. The summed E-state index contributed by atoms with van der Waals surface area (Å²) >= 11 is 0. The highest BCUT2D eigenvalue weighted by atomic mass is 16.6. The average Bonchev–Trinajstić information content (AvgIpc) is 2.73. The number of benzene rings is 2. The molecule has 0 aliphatic rings. The summed E-state index contributed by atoms with van der Waals surface area (Å²) in [5.74, 6) is -1.03. The lowest BCUT2D eigenvalue weighted by molar-refractivity contribution is -0.131. The lowest BCUT2D eigenvalue weighted by atomic mass is 10.0. The number of esters is 3. The van der Waals surface area contributed by atoms with Gasteiger partial charge in [-0.1, -0.05) is 25.8 Å². The molecule has 32 heavy (non-hydrogen) atoms. The van der Waals surface area contributed by atoms with E-state index in [9.17, 15) is 14.4 Å². The van der Waals surface area contributed by atoms with Crippen molar-refractivity contribution in [2.75, 3.05) is 7.11 Å². The summed E-state index contributed by atoms with van der Waals surface area (Å²) in [6.07, 6.45) is 0. The van der Waals surface area contributed by atoms with Crippen molar-refractivity contribution >= 4 is 17.9 Å². The lowest BCUT2D eigenvalue weighted by Gasteiger charge is -2.13. The van der Waals surface area contributed by atoms with Gasteiger partial charge in [-0.2, -0.15) is 0 Å². The number of hydrogen-bond donors (Lipinski definition) is 0. The SMILES string of the molecule is C=C(C)C(=O)Oc1cc(OC(=O)C(=C)C)cc(-c2ccc(OC(=O)C(=C)C)c(OC)c2)c1. The highest BCUT2D eigenvalue weighted by Gasteiger charge is 2.16. The molecule has 0 radical (unpaired) electrons. The molecule has 0 heterocycles. The van der Waals surface area contributed by atoms with E-state index >= 15 is 0 Å². The normalized spacial score (nSPS) is 10.0. The van der Waals surface area contributed by atoms with Gasteiger partial charge in [0.2, 0.25) is 0 Å². The molecule has 7 heteroatoms. The summed E-state index contributed by atoms with van der Waals surface area (Å²) in [6.45, 7) is 15.2. The zero-order valence-electron chi connectivity index (χ0n) is 18.4. The second-order valence-electron chi connectivity index (χ2n) is 7.07. The highest BCUT2D eigenvalue weighted by molar-refractivity contribution is 5.91. The summed E-state index contributed by atoms with van der Waals surface area (Å²) in [5, 5.41) is 0. The Bertz CT molecular complexity index is 1080. The van der Waals surface area contributed by atoms with E-state index in [-0.39, 0.29) is 34.0 Å². The molecule has 0 bridgehead atoms. The smallest absolute Gasteiger partial charge is 0.338 e. The first kappa shape index (κ1) is 24.1. The van der Waals surface area contributed by atoms with E-state index in [4.69, 9.17) is 18.9 Å². The molecule has 0 fully saturated rings. The fraction of sp³-hybridized carbons (Fsp3) is 0.160. The molecule has 2 aromatic rings. The molecule has 0 aliphatic carbocycles. The van der Waals surface area contributed by atoms with Crippen molar-refractivity contribution in [1.29, 1.82) is 0 Å². The third-order valence-corrected chi connectivity index (χ3v) is 4.05. The van der Waals surface area contributed by atoms with Gasteiger partial charge in [0.25, 0.3) is 0 Å². The fourth-order valence-corrected chi connectivity index (χ4v) is 2.36. The van der Waals surface area contributed by atoms with Crippen molar-refractivity contribution in [1.82, 2.24) is 0 Å². The monoisotopic (exact) mass is 436 g/mol. The van der Waals surface area contributed by atoms with Gasteiger partial charge < -0.3 is 18.9 Å². The van der Waals surface area contributed by atoms with Gasteiger partial charge in [0, 0.05) is 22.8 Å². The number of carbonyl (C=O) groups is 3. The van der Waals surface area contributed by atoms with Crippen LogP contribution in [0.1, 0.15) is 20.8 Å². The molecular formula is C25H24O7. The molecule has 7 nitrogen and oxygen atoms in total. The van der Waals surface area contributed by atoms with Crippen molar-refractivity contribution in [2.45, 2.75) is 20.8 Å². The molecule has 0 aliphatic heterocycles. The highest BCUT2D eigenvalue weighted by Crippen LogP contribution is 2.36. The van der Waals surface area contributed by atoms with Crippen LogP contribution in [0.4, 0.5) is 0 Å². The van der Waals surface area contributed by atoms with Crippen LogP contribution < -0.4 is 18.9 Å². The Morgan fingerprint density at radius 1 is 0.625 bits per heavy atom. The van der Waals surface area contributed by atoms with E-state index in [1.165, 1.54) is 33.9 Å². The topological polar surface area (TPSA) is 88.1 Å². The largest absolute Gasteiger partial charge is 0.493 e. The van der Waals surface area contributed by atoms with Crippen LogP contribution in [-0.4, -0.2) is 25.0 Å². The molecule has 0 spiro atoms. The van der Waals surface area contributed by atoms with E-state index in [2.05, 4.69) is 19.7 Å². The fourth-order valence-electron chi connectivity index (χ4n) is 2.36. The lowest BCUT2D eigenvalue weighted by Crippen LogP contribution is -2.10. The van der Waals surface area contributed by atoms with Gasteiger partial charge in [-0.05, 0) is 56.2 Å². The van der Waals surface area contributed by atoms with Crippen LogP contribution in [0.2, 0.25) is 0 Å². The summed E-state index contributed by atoms with van der Waals surface area (Å²) < 4.78 is 21.2.